The van der Waals surface area contributed by atoms with Crippen molar-refractivity contribution in [3.05, 3.63) is 0 Å². The van der Waals surface area contributed by atoms with Gasteiger partial charge in [0.25, 0.3) is 0 Å². The van der Waals surface area contributed by atoms with Crippen molar-refractivity contribution >= 4 is 17.7 Å². The molecule has 0 bridgehead atoms. The summed E-state index contributed by atoms with van der Waals surface area (Å²) >= 11 is 1.73. The Bertz CT molecular complexity index is 197. The number of hydrogen-bond acceptors (Lipinski definition) is 4. The average molecular weight is 204 g/mol. The number of ether oxygens (including phenoxy) is 1. The van der Waals surface area contributed by atoms with Gasteiger partial charge in [-0.1, -0.05) is 0 Å². The Morgan fingerprint density at radius 2 is 2.38 bits per heavy atom. The van der Waals surface area contributed by atoms with Gasteiger partial charge in [0.15, 0.2) is 0 Å². The van der Waals surface area contributed by atoms with Crippen molar-refractivity contribution in [2.45, 2.75) is 17.7 Å². The minimum absolute atomic E-state index is 0.303. The van der Waals surface area contributed by atoms with E-state index in [9.17, 15) is 4.79 Å². The molecule has 0 aromatic carbocycles. The van der Waals surface area contributed by atoms with Crippen LogP contribution in [0, 0.1) is 0 Å². The molecule has 1 saturated heterocycles. The summed E-state index contributed by atoms with van der Waals surface area (Å²) in [5, 5.41) is 3.48. The molecule has 1 aliphatic rings. The lowest BCUT2D eigenvalue weighted by Crippen LogP contribution is -2.54. The summed E-state index contributed by atoms with van der Waals surface area (Å²) in [6.07, 6.45) is 0. The molecule has 1 rings (SSSR count). The maximum Gasteiger partial charge on any atom is 0.238 e. The molecule has 5 heteroatoms. The lowest BCUT2D eigenvalue weighted by Gasteiger charge is -2.30. The molecule has 1 atom stereocenters. The number of amides is 1. The van der Waals surface area contributed by atoms with Crippen LogP contribution in [0.15, 0.2) is 0 Å². The molecule has 0 saturated carbocycles. The van der Waals surface area contributed by atoms with Gasteiger partial charge in [-0.15, -0.1) is 0 Å². The zero-order valence-electron chi connectivity index (χ0n) is 8.00. The first-order valence-corrected chi connectivity index (χ1v) is 5.31. The second-order valence-corrected chi connectivity index (χ2v) is 4.71. The number of primary amides is 1. The summed E-state index contributed by atoms with van der Waals surface area (Å²) in [4.78, 5) is 11.1. The van der Waals surface area contributed by atoms with Gasteiger partial charge in [-0.05, 0) is 14.0 Å². The fourth-order valence-electron chi connectivity index (χ4n) is 0.861. The smallest absolute Gasteiger partial charge is 0.238 e. The lowest BCUT2D eigenvalue weighted by molar-refractivity contribution is -0.122. The number of rotatable bonds is 5. The van der Waals surface area contributed by atoms with E-state index in [-0.39, 0.29) is 5.91 Å². The maximum absolute atomic E-state index is 11.1. The molecule has 0 spiro atoms. The predicted octanol–water partition coefficient (Wildman–Crippen LogP) is -0.418. The lowest BCUT2D eigenvalue weighted by atomic mass is 10.1. The van der Waals surface area contributed by atoms with Gasteiger partial charge in [-0.2, -0.15) is 11.8 Å². The molecule has 0 aliphatic carbocycles. The van der Waals surface area contributed by atoms with Gasteiger partial charge in [0.1, 0.15) is 5.54 Å². The van der Waals surface area contributed by atoms with Crippen LogP contribution in [0.3, 0.4) is 0 Å². The zero-order valence-corrected chi connectivity index (χ0v) is 8.82. The van der Waals surface area contributed by atoms with Crippen LogP contribution >= 0.6 is 11.8 Å². The first-order chi connectivity index (χ1) is 6.08. The van der Waals surface area contributed by atoms with Gasteiger partial charge in [0, 0.05) is 5.75 Å². The second-order valence-electron chi connectivity index (χ2n) is 3.42. The van der Waals surface area contributed by atoms with Crippen molar-refractivity contribution in [2.24, 2.45) is 5.73 Å². The van der Waals surface area contributed by atoms with E-state index in [1.807, 2.05) is 6.92 Å². The third kappa shape index (κ3) is 2.59. The molecule has 0 aromatic rings. The van der Waals surface area contributed by atoms with Crippen molar-refractivity contribution in [3.63, 3.8) is 0 Å². The highest BCUT2D eigenvalue weighted by Crippen LogP contribution is 2.22. The summed E-state index contributed by atoms with van der Waals surface area (Å²) < 4.78 is 5.04. The monoisotopic (exact) mass is 204 g/mol. The van der Waals surface area contributed by atoms with Crippen molar-refractivity contribution in [1.29, 1.82) is 0 Å². The van der Waals surface area contributed by atoms with E-state index in [2.05, 4.69) is 5.32 Å². The minimum atomic E-state index is -0.597. The Morgan fingerprint density at radius 1 is 1.77 bits per heavy atom. The van der Waals surface area contributed by atoms with Gasteiger partial charge in [-0.3, -0.25) is 4.79 Å². The number of likely N-dealkylation sites (N-methyl/N-ethyl adjacent to an activating group) is 1. The molecule has 0 radical (unpaired) electrons. The third-order valence-electron chi connectivity index (χ3n) is 2.31. The summed E-state index contributed by atoms with van der Waals surface area (Å²) in [5.41, 5.74) is 4.68. The number of nitrogens with one attached hydrogen (secondary N) is 1. The molecule has 1 fully saturated rings. The van der Waals surface area contributed by atoms with Gasteiger partial charge >= 0.3 is 0 Å². The Balaban J connectivity index is 2.33. The van der Waals surface area contributed by atoms with E-state index >= 15 is 0 Å². The van der Waals surface area contributed by atoms with E-state index in [1.54, 1.807) is 18.8 Å². The Labute approximate surface area is 82.6 Å². The van der Waals surface area contributed by atoms with E-state index in [1.165, 1.54) is 0 Å². The first-order valence-electron chi connectivity index (χ1n) is 4.26. The summed E-state index contributed by atoms with van der Waals surface area (Å²) in [5.74, 6) is 0.398. The fourth-order valence-corrected chi connectivity index (χ4v) is 2.10. The molecule has 3 N–H and O–H groups in total. The number of nitrogens with two attached hydrogens (primary N) is 1. The Kier molecular flexibility index (Phi) is 3.58. The quantitative estimate of drug-likeness (QED) is 0.638. The molecule has 1 aliphatic heterocycles. The van der Waals surface area contributed by atoms with Gasteiger partial charge < -0.3 is 15.8 Å². The molecule has 1 heterocycles. The maximum atomic E-state index is 11.1. The van der Waals surface area contributed by atoms with Crippen LogP contribution in [-0.2, 0) is 9.53 Å². The number of hydrogen-bond donors (Lipinski definition) is 2. The van der Waals surface area contributed by atoms with E-state index in [4.69, 9.17) is 10.5 Å². The normalized spacial score (nSPS) is 22.0. The highest BCUT2D eigenvalue weighted by atomic mass is 32.2. The highest BCUT2D eigenvalue weighted by Gasteiger charge is 2.31. The van der Waals surface area contributed by atoms with E-state index in [0.717, 1.165) is 13.2 Å². The first kappa shape index (κ1) is 10.8. The summed E-state index contributed by atoms with van der Waals surface area (Å²) in [7, 11) is 1.75. The van der Waals surface area contributed by atoms with Crippen LogP contribution in [0.5, 0.6) is 0 Å². The molecular formula is C8H16N2O2S. The summed E-state index contributed by atoms with van der Waals surface area (Å²) in [6, 6.07) is 0. The van der Waals surface area contributed by atoms with Crippen molar-refractivity contribution in [1.82, 2.24) is 5.32 Å². The number of thioether (sulfide) groups is 1. The molecule has 76 valence electrons. The Hall–Kier alpha value is -0.260. The summed E-state index contributed by atoms with van der Waals surface area (Å²) in [6.45, 7) is 3.41. The van der Waals surface area contributed by atoms with Gasteiger partial charge in [-0.25, -0.2) is 0 Å². The largest absolute Gasteiger partial charge is 0.379 e. The SMILES string of the molecule is CNC(C)(CSC1COC1)C(N)=O. The third-order valence-corrected chi connectivity index (χ3v) is 3.80. The fraction of sp³-hybridized carbons (Fsp3) is 0.875. The number of carbonyl (C=O) groups is 1. The van der Waals surface area contributed by atoms with Gasteiger partial charge in [0.2, 0.25) is 5.91 Å². The number of carbonyl (C=O) groups excluding carboxylic acids is 1. The highest BCUT2D eigenvalue weighted by molar-refractivity contribution is 8.00. The molecule has 4 nitrogen and oxygen atoms in total. The van der Waals surface area contributed by atoms with Crippen molar-refractivity contribution < 1.29 is 9.53 Å². The van der Waals surface area contributed by atoms with Crippen molar-refractivity contribution in [3.8, 4) is 0 Å². The van der Waals surface area contributed by atoms with Crippen LogP contribution in [-0.4, -0.2) is 42.7 Å². The predicted molar refractivity (Wildman–Crippen MR) is 53.7 cm³/mol. The van der Waals surface area contributed by atoms with Gasteiger partial charge in [0.05, 0.1) is 18.5 Å². The minimum Gasteiger partial charge on any atom is -0.379 e. The van der Waals surface area contributed by atoms with Crippen LogP contribution in [0.4, 0.5) is 0 Å². The molecule has 1 amide bonds. The molecular weight excluding hydrogens is 188 g/mol. The molecule has 1 unspecified atom stereocenters. The van der Waals surface area contributed by atoms with E-state index < -0.39 is 5.54 Å². The topological polar surface area (TPSA) is 64.3 Å². The average Bonchev–Trinajstić information content (AvgIpc) is 2.01. The van der Waals surface area contributed by atoms with Crippen LogP contribution in [0.2, 0.25) is 0 Å². The van der Waals surface area contributed by atoms with Crippen LogP contribution in [0.1, 0.15) is 6.92 Å². The van der Waals surface area contributed by atoms with Crippen LogP contribution in [0.25, 0.3) is 0 Å². The molecule has 13 heavy (non-hydrogen) atoms. The zero-order chi connectivity index (χ0) is 9.90. The molecule has 0 aromatic heterocycles. The van der Waals surface area contributed by atoms with Crippen LogP contribution < -0.4 is 11.1 Å². The standard InChI is InChI=1S/C8H16N2O2S/c1-8(10-2,7(9)11)5-13-6-3-12-4-6/h6,10H,3-5H2,1-2H3,(H2,9,11). The Morgan fingerprint density at radius 3 is 2.69 bits per heavy atom. The van der Waals surface area contributed by atoms with E-state index in [0.29, 0.717) is 11.0 Å². The second kappa shape index (κ2) is 4.30. The van der Waals surface area contributed by atoms with Crippen molar-refractivity contribution in [2.75, 3.05) is 26.0 Å².